The molecule has 3 rings (SSSR count). The van der Waals surface area contributed by atoms with E-state index in [4.69, 9.17) is 0 Å². The highest BCUT2D eigenvalue weighted by molar-refractivity contribution is 14.2. The molecule has 0 unspecified atom stereocenters. The van der Waals surface area contributed by atoms with Crippen LogP contribution in [0.25, 0.3) is 11.0 Å². The summed E-state index contributed by atoms with van der Waals surface area (Å²) >= 11 is 5.98. The molecular formula is C16H21BrIN3OS. The molecule has 0 aromatic carbocycles. The molecule has 126 valence electrons. The summed E-state index contributed by atoms with van der Waals surface area (Å²) < 4.78 is 3.23. The summed E-state index contributed by atoms with van der Waals surface area (Å²) in [7, 11) is 1.68. The molecule has 0 aliphatic heterocycles. The lowest BCUT2D eigenvalue weighted by Gasteiger charge is -2.27. The number of aryl methyl sites for hydroxylation is 1. The summed E-state index contributed by atoms with van der Waals surface area (Å²) in [4.78, 5) is 4.63. The van der Waals surface area contributed by atoms with Gasteiger partial charge in [-0.1, -0.05) is 13.3 Å². The topological polar surface area (TPSA) is 50.1 Å². The minimum Gasteiger partial charge on any atom is -0.393 e. The van der Waals surface area contributed by atoms with Gasteiger partial charge >= 0.3 is 0 Å². The second-order valence-corrected chi connectivity index (χ2v) is 8.66. The molecule has 1 fully saturated rings. The number of pyridine rings is 1. The van der Waals surface area contributed by atoms with Crippen LogP contribution in [0.1, 0.15) is 44.7 Å². The van der Waals surface area contributed by atoms with Crippen LogP contribution in [0, 0.1) is 0 Å². The summed E-state index contributed by atoms with van der Waals surface area (Å²) in [5.41, 5.74) is 3.47. The number of anilines is 1. The molecule has 2 aromatic heterocycles. The van der Waals surface area contributed by atoms with Gasteiger partial charge in [0.1, 0.15) is 0 Å². The quantitative estimate of drug-likeness (QED) is 0.536. The fraction of sp³-hybridized carbons (Fsp3) is 0.562. The van der Waals surface area contributed by atoms with Crippen molar-refractivity contribution in [3.05, 3.63) is 22.4 Å². The highest BCUT2D eigenvalue weighted by Gasteiger charge is 2.22. The van der Waals surface area contributed by atoms with Crippen molar-refractivity contribution in [2.24, 2.45) is 0 Å². The number of hydrogen-bond acceptors (Lipinski definition) is 4. The van der Waals surface area contributed by atoms with Gasteiger partial charge in [-0.3, -0.25) is 3.97 Å². The number of fused-ring (bicyclic) bond motifs is 1. The first kappa shape index (κ1) is 17.8. The smallest absolute Gasteiger partial charge is 0.152 e. The zero-order chi connectivity index (χ0) is 16.4. The number of aliphatic hydroxyl groups is 1. The molecule has 2 aromatic rings. The Bertz CT molecular complexity index is 686. The van der Waals surface area contributed by atoms with E-state index < -0.39 is 0 Å². The first-order valence-electron chi connectivity index (χ1n) is 8.06. The minimum absolute atomic E-state index is 0.124. The van der Waals surface area contributed by atoms with E-state index in [0.29, 0.717) is 6.04 Å². The van der Waals surface area contributed by atoms with Crippen LogP contribution in [0.3, 0.4) is 0 Å². The van der Waals surface area contributed by atoms with Gasteiger partial charge in [0.15, 0.2) is 5.65 Å². The largest absolute Gasteiger partial charge is 0.393 e. The first-order valence-corrected chi connectivity index (χ1v) is 12.2. The first-order chi connectivity index (χ1) is 11.1. The zero-order valence-electron chi connectivity index (χ0n) is 13.1. The molecule has 0 atom stereocenters. The van der Waals surface area contributed by atoms with E-state index in [9.17, 15) is 5.11 Å². The van der Waals surface area contributed by atoms with Crippen molar-refractivity contribution in [2.75, 3.05) is 5.32 Å². The molecular weight excluding hydrogens is 489 g/mol. The average molecular weight is 510 g/mol. The van der Waals surface area contributed by atoms with Crippen molar-refractivity contribution in [3.63, 3.8) is 0 Å². The molecule has 4 nitrogen and oxygen atoms in total. The third kappa shape index (κ3) is 3.82. The van der Waals surface area contributed by atoms with Crippen molar-refractivity contribution in [2.45, 2.75) is 57.6 Å². The van der Waals surface area contributed by atoms with Gasteiger partial charge in [0.25, 0.3) is 0 Å². The molecule has 23 heavy (non-hydrogen) atoms. The number of rotatable bonds is 5. The van der Waals surface area contributed by atoms with Crippen molar-refractivity contribution in [1.29, 1.82) is 0 Å². The third-order valence-corrected chi connectivity index (χ3v) is 6.76. The van der Waals surface area contributed by atoms with Crippen LogP contribution in [0.5, 0.6) is 0 Å². The Morgan fingerprint density at radius 3 is 2.83 bits per heavy atom. The van der Waals surface area contributed by atoms with E-state index >= 15 is 0 Å². The Kier molecular flexibility index (Phi) is 6.14. The van der Waals surface area contributed by atoms with Crippen molar-refractivity contribution in [3.8, 4) is 0 Å². The van der Waals surface area contributed by atoms with Crippen LogP contribution in [0.2, 0.25) is 0 Å². The SMILES string of the molecule is CCCc1cc2c(N[C@H]3CC[C@H](O)CC3)c(Br)cnc2n1SI. The summed E-state index contributed by atoms with van der Waals surface area (Å²) in [6.07, 6.45) is 7.74. The number of nitrogens with one attached hydrogen (secondary N) is 1. The van der Waals surface area contributed by atoms with Crippen molar-refractivity contribution < 1.29 is 5.11 Å². The molecule has 0 radical (unpaired) electrons. The van der Waals surface area contributed by atoms with Crippen LogP contribution in [-0.2, 0) is 6.42 Å². The number of halogens is 2. The number of aliphatic hydroxyl groups excluding tert-OH is 1. The highest BCUT2D eigenvalue weighted by Crippen LogP contribution is 2.37. The molecule has 0 amide bonds. The molecule has 2 N–H and O–H groups in total. The van der Waals surface area contributed by atoms with Gasteiger partial charge in [-0.05, 0) is 54.1 Å². The van der Waals surface area contributed by atoms with Crippen LogP contribution in [0.15, 0.2) is 16.7 Å². The molecule has 0 bridgehead atoms. The van der Waals surface area contributed by atoms with E-state index in [-0.39, 0.29) is 6.10 Å². The molecule has 1 aliphatic carbocycles. The number of aromatic nitrogens is 2. The zero-order valence-corrected chi connectivity index (χ0v) is 17.6. The maximum absolute atomic E-state index is 9.70. The summed E-state index contributed by atoms with van der Waals surface area (Å²) in [5, 5.41) is 14.6. The number of nitrogens with zero attached hydrogens (tertiary/aromatic N) is 2. The lowest BCUT2D eigenvalue weighted by molar-refractivity contribution is 0.126. The Hall–Kier alpha value is 0.01000. The second-order valence-electron chi connectivity index (χ2n) is 6.12. The van der Waals surface area contributed by atoms with Crippen LogP contribution in [0.4, 0.5) is 5.69 Å². The van der Waals surface area contributed by atoms with Gasteiger partial charge in [-0.15, -0.1) is 0 Å². The minimum atomic E-state index is -0.124. The predicted octanol–water partition coefficient (Wildman–Crippen LogP) is 5.31. The van der Waals surface area contributed by atoms with Crippen LogP contribution >= 0.6 is 46.3 Å². The van der Waals surface area contributed by atoms with E-state index in [1.807, 2.05) is 6.20 Å². The van der Waals surface area contributed by atoms with Crippen molar-refractivity contribution in [1.82, 2.24) is 8.96 Å². The fourth-order valence-corrected chi connectivity index (χ4v) is 5.42. The maximum atomic E-state index is 9.70. The van der Waals surface area contributed by atoms with Gasteiger partial charge in [0, 0.05) is 53.6 Å². The van der Waals surface area contributed by atoms with Gasteiger partial charge in [-0.25, -0.2) is 4.98 Å². The normalized spacial score (nSPS) is 21.7. The van der Waals surface area contributed by atoms with Gasteiger partial charge in [0.05, 0.1) is 16.3 Å². The third-order valence-electron chi connectivity index (χ3n) is 4.43. The van der Waals surface area contributed by atoms with E-state index in [2.05, 4.69) is 64.4 Å². The summed E-state index contributed by atoms with van der Waals surface area (Å²) in [5.74, 6) is 0. The van der Waals surface area contributed by atoms with Crippen LogP contribution < -0.4 is 5.32 Å². The predicted molar refractivity (Wildman–Crippen MR) is 110 cm³/mol. The molecule has 0 spiro atoms. The van der Waals surface area contributed by atoms with E-state index in [1.165, 1.54) is 11.1 Å². The number of hydrogen-bond donors (Lipinski definition) is 2. The lowest BCUT2D eigenvalue weighted by atomic mass is 9.93. The maximum Gasteiger partial charge on any atom is 0.152 e. The highest BCUT2D eigenvalue weighted by atomic mass is 127. The lowest BCUT2D eigenvalue weighted by Crippen LogP contribution is -2.28. The Morgan fingerprint density at radius 2 is 2.17 bits per heavy atom. The van der Waals surface area contributed by atoms with Crippen molar-refractivity contribution >= 4 is 63.0 Å². The molecule has 1 saturated carbocycles. The van der Waals surface area contributed by atoms with E-state index in [0.717, 1.165) is 54.3 Å². The summed E-state index contributed by atoms with van der Waals surface area (Å²) in [6, 6.07) is 2.69. The Morgan fingerprint density at radius 1 is 1.43 bits per heavy atom. The van der Waals surface area contributed by atoms with E-state index in [1.54, 1.807) is 9.12 Å². The van der Waals surface area contributed by atoms with Gasteiger partial charge < -0.3 is 10.4 Å². The molecule has 1 aliphatic rings. The molecule has 0 saturated heterocycles. The molecule has 2 heterocycles. The second kappa shape index (κ2) is 7.93. The summed E-state index contributed by atoms with van der Waals surface area (Å²) in [6.45, 7) is 2.20. The molecule has 7 heteroatoms. The standard InChI is InChI=1S/C16H21BrIN3OS/c1-2-3-11-8-13-15(20-10-4-6-12(22)7-5-10)14(17)9-19-16(13)21(11)23-18/h8-10,12,22H,2-7H2,1H3,(H,19,20)/t10-,12-. The monoisotopic (exact) mass is 509 g/mol. The Balaban J connectivity index is 1.96. The van der Waals surface area contributed by atoms with Crippen LogP contribution in [-0.4, -0.2) is 26.2 Å². The van der Waals surface area contributed by atoms with Gasteiger partial charge in [0.2, 0.25) is 0 Å². The fourth-order valence-electron chi connectivity index (χ4n) is 3.23. The van der Waals surface area contributed by atoms with Gasteiger partial charge in [-0.2, -0.15) is 0 Å². The Labute approximate surface area is 161 Å². The average Bonchev–Trinajstić information content (AvgIpc) is 2.90.